The fourth-order valence-corrected chi connectivity index (χ4v) is 8.97. The van der Waals surface area contributed by atoms with Gasteiger partial charge in [-0.2, -0.15) is 4.57 Å². The van der Waals surface area contributed by atoms with Crippen LogP contribution in [0.3, 0.4) is 0 Å². The molecule has 1 aliphatic heterocycles. The summed E-state index contributed by atoms with van der Waals surface area (Å²) in [4.78, 5) is 5.01. The van der Waals surface area contributed by atoms with E-state index in [2.05, 4.69) is 105 Å². The topological polar surface area (TPSA) is 48.5 Å². The van der Waals surface area contributed by atoms with Gasteiger partial charge in [-0.1, -0.05) is 102 Å². The molecule has 236 valence electrons. The number of pyridine rings is 1. The summed E-state index contributed by atoms with van der Waals surface area (Å²) < 4.78 is 2.54. The van der Waals surface area contributed by atoms with Gasteiger partial charge in [-0.05, 0) is 74.3 Å². The number of fused-ring (bicyclic) bond motifs is 3. The lowest BCUT2D eigenvalue weighted by Crippen LogP contribution is -2.54. The fraction of sp³-hybridized carbons (Fsp3) is 0.487. The Morgan fingerprint density at radius 1 is 1.16 bits per heavy atom. The average molecular weight is 611 g/mol. The Bertz CT molecular complexity index is 1390. The zero-order valence-electron chi connectivity index (χ0n) is 28.0. The summed E-state index contributed by atoms with van der Waals surface area (Å²) >= 11 is 0. The molecule has 44 heavy (non-hydrogen) atoms. The van der Waals surface area contributed by atoms with Crippen LogP contribution in [0, 0.1) is 11.8 Å². The molecule has 5 heteroatoms. The molecule has 1 aliphatic carbocycles. The van der Waals surface area contributed by atoms with E-state index < -0.39 is 8.07 Å². The number of aliphatic hydroxyl groups excluding tert-OH is 1. The highest BCUT2D eigenvalue weighted by molar-refractivity contribution is 6.89. The van der Waals surface area contributed by atoms with Crippen molar-refractivity contribution in [3.63, 3.8) is 0 Å². The second kappa shape index (κ2) is 15.2. The summed E-state index contributed by atoms with van der Waals surface area (Å²) in [5.41, 5.74) is 7.35. The minimum atomic E-state index is -1.66. The molecular weight excluding hydrogens is 555 g/mol. The number of hydrogen-bond donors (Lipinski definition) is 2. The molecule has 3 atom stereocenters. The van der Waals surface area contributed by atoms with Crippen molar-refractivity contribution < 1.29 is 9.67 Å². The molecule has 2 aliphatic rings. The molecule has 3 unspecified atom stereocenters. The molecule has 0 spiro atoms. The molecule has 4 rings (SSSR count). The highest BCUT2D eigenvalue weighted by atomic mass is 28.3. The van der Waals surface area contributed by atoms with Gasteiger partial charge in [0, 0.05) is 29.1 Å². The van der Waals surface area contributed by atoms with E-state index in [9.17, 15) is 5.11 Å². The van der Waals surface area contributed by atoms with Gasteiger partial charge in [-0.25, -0.2) is 0 Å². The Morgan fingerprint density at radius 3 is 2.55 bits per heavy atom. The molecular formula is C39H56N3OSi+. The standard InChI is InChI=1S/C39H55N3OSi/c1-9-11-17-32(26-40-30(5)43)22-23-36-34-20-15-16-21-35(34)37-25-33(24-31-18-13-12-14-19-31)38(44(6,7)8)27-42(37)39(36)29(4)41-28(3)10-2/h10-11,15-17,20-21,25,27,31-32,36,39-40H,2,4-5,9,12-14,18-19,22-24,26H2,1,3,6-8H3/p+1/b17-11-,41-28+. The van der Waals surface area contributed by atoms with Crippen molar-refractivity contribution in [2.75, 3.05) is 6.54 Å². The van der Waals surface area contributed by atoms with Crippen molar-refractivity contribution in [1.82, 2.24) is 5.32 Å². The summed E-state index contributed by atoms with van der Waals surface area (Å²) in [6.07, 6.45) is 19.8. The molecule has 1 saturated carbocycles. The van der Waals surface area contributed by atoms with Gasteiger partial charge in [0.1, 0.15) is 5.70 Å². The number of aliphatic hydroxyl groups is 1. The molecule has 0 amide bonds. The molecule has 0 radical (unpaired) electrons. The second-order valence-electron chi connectivity index (χ2n) is 14.1. The SMILES string of the molecule is C=C/C(C)=N/C(=C)C1C(CCC(/C=C\CC)CNC(=C)O)c2ccccc2-c2cc(CC3CCCCC3)c([Si](C)(C)C)c[n+]21. The zero-order valence-corrected chi connectivity index (χ0v) is 29.0. The van der Waals surface area contributed by atoms with Crippen molar-refractivity contribution in [1.29, 1.82) is 0 Å². The van der Waals surface area contributed by atoms with E-state index in [1.807, 2.05) is 13.0 Å². The van der Waals surface area contributed by atoms with Crippen LogP contribution in [0.4, 0.5) is 0 Å². The summed E-state index contributed by atoms with van der Waals surface area (Å²) in [6.45, 7) is 24.5. The molecule has 2 heterocycles. The first-order chi connectivity index (χ1) is 21.0. The van der Waals surface area contributed by atoms with Crippen molar-refractivity contribution in [3.05, 3.63) is 97.2 Å². The number of benzene rings is 1. The number of nitrogens with zero attached hydrogens (tertiary/aromatic N) is 2. The van der Waals surface area contributed by atoms with Crippen LogP contribution in [-0.4, -0.2) is 25.4 Å². The number of hydrogen-bond acceptors (Lipinski definition) is 3. The molecule has 2 aromatic rings. The van der Waals surface area contributed by atoms with Gasteiger partial charge in [-0.15, -0.1) is 0 Å². The lowest BCUT2D eigenvalue weighted by molar-refractivity contribution is -0.708. The van der Waals surface area contributed by atoms with Crippen LogP contribution in [0.25, 0.3) is 11.3 Å². The van der Waals surface area contributed by atoms with Crippen LogP contribution in [0.2, 0.25) is 19.6 Å². The first-order valence-corrected chi connectivity index (χ1v) is 20.4. The summed E-state index contributed by atoms with van der Waals surface area (Å²) in [7, 11) is -1.66. The number of allylic oxidation sites excluding steroid dienone is 3. The van der Waals surface area contributed by atoms with Crippen molar-refractivity contribution in [3.8, 4) is 11.3 Å². The van der Waals surface area contributed by atoms with Gasteiger partial charge in [0.2, 0.25) is 11.7 Å². The Balaban J connectivity index is 1.85. The van der Waals surface area contributed by atoms with Gasteiger partial charge in [0.25, 0.3) is 0 Å². The average Bonchev–Trinajstić information content (AvgIpc) is 3.00. The highest BCUT2D eigenvalue weighted by Crippen LogP contribution is 2.44. The molecule has 0 saturated heterocycles. The lowest BCUT2D eigenvalue weighted by atomic mass is 9.77. The summed E-state index contributed by atoms with van der Waals surface area (Å²) in [5, 5.41) is 14.4. The van der Waals surface area contributed by atoms with Crippen LogP contribution >= 0.6 is 0 Å². The Kier molecular flexibility index (Phi) is 11.6. The molecule has 1 aromatic heterocycles. The summed E-state index contributed by atoms with van der Waals surface area (Å²) in [5.74, 6) is 1.30. The minimum Gasteiger partial charge on any atom is -0.495 e. The Morgan fingerprint density at radius 2 is 1.89 bits per heavy atom. The Hall–Kier alpha value is -3.18. The maximum Gasteiger partial charge on any atom is 0.213 e. The van der Waals surface area contributed by atoms with Crippen LogP contribution in [-0.2, 0) is 6.42 Å². The maximum atomic E-state index is 9.76. The fourth-order valence-electron chi connectivity index (χ4n) is 7.30. The summed E-state index contributed by atoms with van der Waals surface area (Å²) in [6, 6.07) is 11.6. The monoisotopic (exact) mass is 610 g/mol. The third-order valence-corrected chi connectivity index (χ3v) is 11.6. The van der Waals surface area contributed by atoms with Gasteiger partial charge in [-0.3, -0.25) is 4.99 Å². The number of rotatable bonds is 14. The maximum absolute atomic E-state index is 9.76. The van der Waals surface area contributed by atoms with Crippen molar-refractivity contribution >= 4 is 19.0 Å². The highest BCUT2D eigenvalue weighted by Gasteiger charge is 2.43. The number of aromatic nitrogens is 1. The van der Waals surface area contributed by atoms with E-state index in [1.165, 1.54) is 55.3 Å². The van der Waals surface area contributed by atoms with Gasteiger partial charge in [0.05, 0.1) is 14.0 Å². The molecule has 2 N–H and O–H groups in total. The van der Waals surface area contributed by atoms with Crippen LogP contribution in [0.5, 0.6) is 0 Å². The molecule has 4 nitrogen and oxygen atoms in total. The van der Waals surface area contributed by atoms with Gasteiger partial charge >= 0.3 is 0 Å². The lowest BCUT2D eigenvalue weighted by Gasteiger charge is -2.33. The predicted molar refractivity (Wildman–Crippen MR) is 191 cm³/mol. The molecule has 1 aromatic carbocycles. The van der Waals surface area contributed by atoms with Gasteiger partial charge in [0.15, 0.2) is 12.1 Å². The van der Waals surface area contributed by atoms with E-state index in [0.717, 1.165) is 36.6 Å². The van der Waals surface area contributed by atoms with Crippen LogP contribution in [0.1, 0.15) is 88.3 Å². The van der Waals surface area contributed by atoms with E-state index in [4.69, 9.17) is 4.99 Å². The van der Waals surface area contributed by atoms with E-state index in [0.29, 0.717) is 6.54 Å². The minimum absolute atomic E-state index is 0.00482. The van der Waals surface area contributed by atoms with E-state index in [-0.39, 0.29) is 23.8 Å². The van der Waals surface area contributed by atoms with Crippen LogP contribution < -0.4 is 15.1 Å². The molecule has 1 fully saturated rings. The Labute approximate surface area is 268 Å². The normalized spacial score (nSPS) is 19.7. The first-order valence-electron chi connectivity index (χ1n) is 16.9. The van der Waals surface area contributed by atoms with Crippen LogP contribution in [0.15, 0.2) is 91.1 Å². The van der Waals surface area contributed by atoms with E-state index >= 15 is 0 Å². The smallest absolute Gasteiger partial charge is 0.213 e. The second-order valence-corrected chi connectivity index (χ2v) is 19.1. The van der Waals surface area contributed by atoms with Crippen molar-refractivity contribution in [2.24, 2.45) is 16.8 Å². The van der Waals surface area contributed by atoms with Crippen molar-refractivity contribution in [2.45, 2.75) is 103 Å². The first kappa shape index (κ1) is 33.7. The quantitative estimate of drug-likeness (QED) is 0.0737. The predicted octanol–water partition coefficient (Wildman–Crippen LogP) is 9.09. The third-order valence-electron chi connectivity index (χ3n) is 9.58. The molecule has 0 bridgehead atoms. The largest absolute Gasteiger partial charge is 0.495 e. The van der Waals surface area contributed by atoms with E-state index in [1.54, 1.807) is 10.8 Å². The number of aliphatic imine (C=N–C) groups is 1. The zero-order chi connectivity index (χ0) is 31.9. The number of nitrogens with one attached hydrogen (secondary N) is 1. The third kappa shape index (κ3) is 8.29. The van der Waals surface area contributed by atoms with Gasteiger partial charge < -0.3 is 10.4 Å².